The molecule has 9 heteroatoms. The van der Waals surface area contributed by atoms with E-state index in [2.05, 4.69) is 15.2 Å². The molecule has 0 unspecified atom stereocenters. The number of carbonyl (C=O) groups excluding carboxylic acids is 1. The van der Waals surface area contributed by atoms with E-state index < -0.39 is 12.2 Å². The van der Waals surface area contributed by atoms with Crippen molar-refractivity contribution < 1.29 is 19.7 Å². The van der Waals surface area contributed by atoms with Gasteiger partial charge in [0.25, 0.3) is 5.91 Å². The molecule has 2 N–H and O–H groups in total. The topological polar surface area (TPSA) is 104 Å². The zero-order valence-corrected chi connectivity index (χ0v) is 16.5. The minimum Gasteiger partial charge on any atom is -0.390 e. The Morgan fingerprint density at radius 2 is 1.86 bits per heavy atom. The molecule has 2 aromatic rings. The van der Waals surface area contributed by atoms with Crippen LogP contribution in [-0.2, 0) is 4.74 Å². The summed E-state index contributed by atoms with van der Waals surface area (Å²) in [5, 5.41) is 29.3. The summed E-state index contributed by atoms with van der Waals surface area (Å²) in [5.74, 6) is -0.232. The van der Waals surface area contributed by atoms with Gasteiger partial charge in [0.15, 0.2) is 5.69 Å². The van der Waals surface area contributed by atoms with Gasteiger partial charge in [-0.15, -0.1) is 5.10 Å². The van der Waals surface area contributed by atoms with Crippen LogP contribution < -0.4 is 0 Å². The van der Waals surface area contributed by atoms with Crippen LogP contribution in [-0.4, -0.2) is 98.6 Å². The highest BCUT2D eigenvalue weighted by molar-refractivity contribution is 5.93. The third-order valence-electron chi connectivity index (χ3n) is 5.79. The van der Waals surface area contributed by atoms with Gasteiger partial charge < -0.3 is 19.8 Å². The lowest BCUT2D eigenvalue weighted by atomic mass is 10.0. The van der Waals surface area contributed by atoms with Crippen molar-refractivity contribution in [2.45, 2.75) is 31.6 Å². The Kier molecular flexibility index (Phi) is 5.91. The number of nitrogens with zero attached hydrogens (tertiary/aromatic N) is 5. The summed E-state index contributed by atoms with van der Waals surface area (Å²) in [5.41, 5.74) is 1.79. The van der Waals surface area contributed by atoms with Gasteiger partial charge in [-0.1, -0.05) is 23.4 Å². The molecule has 0 saturated carbocycles. The van der Waals surface area contributed by atoms with Crippen molar-refractivity contribution in [3.8, 4) is 5.69 Å². The first-order chi connectivity index (χ1) is 14.1. The Hall–Kier alpha value is -2.33. The van der Waals surface area contributed by atoms with E-state index in [1.807, 2.05) is 37.3 Å². The van der Waals surface area contributed by atoms with Crippen LogP contribution in [0.5, 0.6) is 0 Å². The van der Waals surface area contributed by atoms with Crippen LogP contribution in [0.4, 0.5) is 0 Å². The Balaban J connectivity index is 1.57. The maximum atomic E-state index is 13.3. The summed E-state index contributed by atoms with van der Waals surface area (Å²) in [4.78, 5) is 17.0. The monoisotopic (exact) mass is 401 g/mol. The summed E-state index contributed by atoms with van der Waals surface area (Å²) in [6.45, 7) is 5.00. The van der Waals surface area contributed by atoms with E-state index in [-0.39, 0.29) is 11.9 Å². The number of aliphatic hydroxyl groups is 2. The zero-order valence-electron chi connectivity index (χ0n) is 16.5. The van der Waals surface area contributed by atoms with Crippen LogP contribution in [0, 0.1) is 6.92 Å². The van der Waals surface area contributed by atoms with E-state index in [1.165, 1.54) is 0 Å². The number of hydrogen-bond donors (Lipinski definition) is 2. The number of amides is 1. The van der Waals surface area contributed by atoms with Crippen LogP contribution in [0.3, 0.4) is 0 Å². The van der Waals surface area contributed by atoms with Crippen LogP contribution in [0.15, 0.2) is 30.3 Å². The summed E-state index contributed by atoms with van der Waals surface area (Å²) in [6.07, 6.45) is -1.46. The molecule has 0 bridgehead atoms. The van der Waals surface area contributed by atoms with Gasteiger partial charge in [0.2, 0.25) is 0 Å². The van der Waals surface area contributed by atoms with Crippen molar-refractivity contribution >= 4 is 5.91 Å². The number of rotatable bonds is 3. The minimum atomic E-state index is -0.910. The van der Waals surface area contributed by atoms with Crippen molar-refractivity contribution in [1.82, 2.24) is 24.8 Å². The SMILES string of the molecule is Cc1c(C(=O)N2CC[C@@H](O)[C@@H](O)[C@H](N3CCOCC3)C2)nnn1-c1ccccc1. The van der Waals surface area contributed by atoms with Gasteiger partial charge in [-0.25, -0.2) is 4.68 Å². The summed E-state index contributed by atoms with van der Waals surface area (Å²) >= 11 is 0. The van der Waals surface area contributed by atoms with E-state index in [9.17, 15) is 15.0 Å². The molecule has 0 radical (unpaired) electrons. The van der Waals surface area contributed by atoms with E-state index in [4.69, 9.17) is 4.74 Å². The average Bonchev–Trinajstić information content (AvgIpc) is 3.08. The number of aromatic nitrogens is 3. The van der Waals surface area contributed by atoms with Crippen LogP contribution in [0.25, 0.3) is 5.69 Å². The van der Waals surface area contributed by atoms with Gasteiger partial charge in [-0.3, -0.25) is 9.69 Å². The fourth-order valence-corrected chi connectivity index (χ4v) is 4.06. The van der Waals surface area contributed by atoms with Gasteiger partial charge in [0.05, 0.1) is 42.8 Å². The predicted molar refractivity (Wildman–Crippen MR) is 105 cm³/mol. The maximum absolute atomic E-state index is 13.3. The third kappa shape index (κ3) is 4.04. The van der Waals surface area contributed by atoms with Gasteiger partial charge in [-0.05, 0) is 25.5 Å². The van der Waals surface area contributed by atoms with Crippen LogP contribution in [0.2, 0.25) is 0 Å². The molecule has 0 aliphatic carbocycles. The Morgan fingerprint density at radius 3 is 2.59 bits per heavy atom. The van der Waals surface area contributed by atoms with E-state index in [0.717, 1.165) is 5.69 Å². The molecule has 29 heavy (non-hydrogen) atoms. The molecule has 4 rings (SSSR count). The Morgan fingerprint density at radius 1 is 1.14 bits per heavy atom. The molecular weight excluding hydrogens is 374 g/mol. The predicted octanol–water partition coefficient (Wildman–Crippen LogP) is -0.156. The molecular formula is C20H27N5O4. The second-order valence-electron chi connectivity index (χ2n) is 7.58. The largest absolute Gasteiger partial charge is 0.390 e. The first-order valence-electron chi connectivity index (χ1n) is 10.0. The normalized spacial score (nSPS) is 26.3. The van der Waals surface area contributed by atoms with Crippen LogP contribution in [0.1, 0.15) is 22.6 Å². The number of ether oxygens (including phenoxy) is 1. The Labute approximate surface area is 169 Å². The fourth-order valence-electron chi connectivity index (χ4n) is 4.06. The third-order valence-corrected chi connectivity index (χ3v) is 5.79. The molecule has 2 aliphatic heterocycles. The van der Waals surface area contributed by atoms with E-state index in [0.29, 0.717) is 57.2 Å². The molecule has 2 fully saturated rings. The molecule has 156 valence electrons. The molecule has 9 nitrogen and oxygen atoms in total. The average molecular weight is 401 g/mol. The molecule has 2 aliphatic rings. The van der Waals surface area contributed by atoms with Crippen molar-refractivity contribution in [2.24, 2.45) is 0 Å². The lowest BCUT2D eigenvalue weighted by molar-refractivity contribution is -0.0609. The number of aliphatic hydroxyl groups excluding tert-OH is 2. The second kappa shape index (κ2) is 8.58. The summed E-state index contributed by atoms with van der Waals surface area (Å²) in [6, 6.07) is 9.20. The number of carbonyl (C=O) groups is 1. The highest BCUT2D eigenvalue weighted by atomic mass is 16.5. The lowest BCUT2D eigenvalue weighted by Gasteiger charge is -2.38. The van der Waals surface area contributed by atoms with Crippen LogP contribution >= 0.6 is 0 Å². The van der Waals surface area contributed by atoms with Crippen molar-refractivity contribution in [3.63, 3.8) is 0 Å². The molecule has 1 aromatic carbocycles. The Bertz CT molecular complexity index is 837. The molecule has 3 heterocycles. The maximum Gasteiger partial charge on any atom is 0.276 e. The number of likely N-dealkylation sites (tertiary alicyclic amines) is 1. The molecule has 1 amide bonds. The minimum absolute atomic E-state index is 0.232. The summed E-state index contributed by atoms with van der Waals surface area (Å²) < 4.78 is 7.05. The van der Waals surface area contributed by atoms with E-state index >= 15 is 0 Å². The highest BCUT2D eigenvalue weighted by Crippen LogP contribution is 2.21. The standard InChI is InChI=1S/C20H27N5O4/c1-14-18(21-22-25(14)15-5-3-2-4-6-15)20(28)24-8-7-17(26)19(27)16(13-24)23-9-11-29-12-10-23/h2-6,16-17,19,26-27H,7-13H2,1H3/t16-,17-,19+/m1/s1. The van der Waals surface area contributed by atoms with Gasteiger partial charge in [-0.2, -0.15) is 0 Å². The quantitative estimate of drug-likeness (QED) is 0.737. The second-order valence-corrected chi connectivity index (χ2v) is 7.58. The number of hydrogen-bond acceptors (Lipinski definition) is 7. The highest BCUT2D eigenvalue weighted by Gasteiger charge is 2.38. The lowest BCUT2D eigenvalue weighted by Crippen LogP contribution is -2.55. The molecule has 0 spiro atoms. The van der Waals surface area contributed by atoms with Crippen molar-refractivity contribution in [2.75, 3.05) is 39.4 Å². The van der Waals surface area contributed by atoms with Crippen molar-refractivity contribution in [1.29, 1.82) is 0 Å². The number of para-hydroxylation sites is 1. The number of morpholine rings is 1. The van der Waals surface area contributed by atoms with Gasteiger partial charge >= 0.3 is 0 Å². The fraction of sp³-hybridized carbons (Fsp3) is 0.550. The number of benzene rings is 1. The smallest absolute Gasteiger partial charge is 0.276 e. The first kappa shape index (κ1) is 20.0. The van der Waals surface area contributed by atoms with E-state index in [1.54, 1.807) is 9.58 Å². The van der Waals surface area contributed by atoms with Crippen molar-refractivity contribution in [3.05, 3.63) is 41.7 Å². The molecule has 1 aromatic heterocycles. The first-order valence-corrected chi connectivity index (χ1v) is 10.0. The molecule has 2 saturated heterocycles. The summed E-state index contributed by atoms with van der Waals surface area (Å²) in [7, 11) is 0. The zero-order chi connectivity index (χ0) is 20.4. The molecule has 3 atom stereocenters. The van der Waals surface area contributed by atoms with Gasteiger partial charge in [0.1, 0.15) is 0 Å². The van der Waals surface area contributed by atoms with Gasteiger partial charge in [0, 0.05) is 26.2 Å².